The maximum absolute atomic E-state index is 4.69. The zero-order valence-corrected chi connectivity index (χ0v) is 12.0. The average Bonchev–Trinajstić information content (AvgIpc) is 2.30. The van der Waals surface area contributed by atoms with Gasteiger partial charge in [0.05, 0.1) is 0 Å². The fraction of sp³-hybridized carbons (Fsp3) is 0.583. The van der Waals surface area contributed by atoms with Gasteiger partial charge in [0.2, 0.25) is 0 Å². The van der Waals surface area contributed by atoms with Gasteiger partial charge in [0.25, 0.3) is 0 Å². The fourth-order valence-electron chi connectivity index (χ4n) is 2.03. The number of pyridine rings is 1. The van der Waals surface area contributed by atoms with Gasteiger partial charge in [0, 0.05) is 25.7 Å². The molecule has 0 aliphatic carbocycles. The van der Waals surface area contributed by atoms with E-state index in [0.29, 0.717) is 5.92 Å². The number of nitrogens with one attached hydrogen (secondary N) is 1. The number of halogens is 2. The quantitative estimate of drug-likeness (QED) is 0.900. The molecular formula is C12H21Cl2N3. The van der Waals surface area contributed by atoms with Crippen molar-refractivity contribution in [2.75, 3.05) is 32.1 Å². The van der Waals surface area contributed by atoms with E-state index in [1.54, 1.807) is 0 Å². The summed E-state index contributed by atoms with van der Waals surface area (Å²) in [7, 11) is 4.07. The van der Waals surface area contributed by atoms with Crippen LogP contribution in [-0.2, 0) is 0 Å². The van der Waals surface area contributed by atoms with Gasteiger partial charge in [-0.15, -0.1) is 24.8 Å². The van der Waals surface area contributed by atoms with E-state index in [-0.39, 0.29) is 24.8 Å². The number of nitrogens with zero attached hydrogens (tertiary/aromatic N) is 2. The second-order valence-corrected chi connectivity index (χ2v) is 4.34. The molecule has 2 rings (SSSR count). The standard InChI is InChI=1S/C12H19N3.2ClH/c1-15(2)12-5-3-4-11(14-12)10-6-8-13-9-7-10;;/h3-5,10,13H,6-9H2,1-2H3;2*1H. The SMILES string of the molecule is CN(C)c1cccc(C2CCNCC2)n1.Cl.Cl. The van der Waals surface area contributed by atoms with E-state index in [4.69, 9.17) is 4.98 Å². The molecule has 3 nitrogen and oxygen atoms in total. The van der Waals surface area contributed by atoms with Crippen molar-refractivity contribution in [3.05, 3.63) is 23.9 Å². The Hall–Kier alpha value is -0.510. The molecule has 0 bridgehead atoms. The second kappa shape index (κ2) is 7.75. The van der Waals surface area contributed by atoms with E-state index in [0.717, 1.165) is 18.9 Å². The number of hydrogen-bond acceptors (Lipinski definition) is 3. The highest BCUT2D eigenvalue weighted by Gasteiger charge is 2.16. The van der Waals surface area contributed by atoms with Gasteiger partial charge in [0.15, 0.2) is 0 Å². The van der Waals surface area contributed by atoms with Crippen LogP contribution in [0, 0.1) is 0 Å². The van der Waals surface area contributed by atoms with Crippen molar-refractivity contribution in [3.63, 3.8) is 0 Å². The molecule has 0 aromatic carbocycles. The molecule has 1 aliphatic heterocycles. The highest BCUT2D eigenvalue weighted by atomic mass is 35.5. The Morgan fingerprint density at radius 3 is 2.41 bits per heavy atom. The molecule has 2 heterocycles. The normalized spacial score (nSPS) is 15.6. The third-order valence-corrected chi connectivity index (χ3v) is 2.97. The first-order valence-electron chi connectivity index (χ1n) is 5.62. The molecule has 0 radical (unpaired) electrons. The fourth-order valence-corrected chi connectivity index (χ4v) is 2.03. The molecule has 1 fully saturated rings. The Kier molecular flexibility index (Phi) is 7.51. The Morgan fingerprint density at radius 2 is 1.82 bits per heavy atom. The van der Waals surface area contributed by atoms with Gasteiger partial charge in [-0.2, -0.15) is 0 Å². The first-order valence-corrected chi connectivity index (χ1v) is 5.62. The molecule has 1 aliphatic rings. The molecule has 1 aromatic rings. The largest absolute Gasteiger partial charge is 0.363 e. The highest BCUT2D eigenvalue weighted by Crippen LogP contribution is 2.24. The van der Waals surface area contributed by atoms with Crippen LogP contribution in [0.3, 0.4) is 0 Å². The number of piperidine rings is 1. The molecule has 1 N–H and O–H groups in total. The Labute approximate surface area is 116 Å². The van der Waals surface area contributed by atoms with E-state index < -0.39 is 0 Å². The summed E-state index contributed by atoms with van der Waals surface area (Å²) in [6.45, 7) is 2.25. The van der Waals surface area contributed by atoms with Crippen molar-refractivity contribution >= 4 is 30.6 Å². The molecule has 5 heteroatoms. The van der Waals surface area contributed by atoms with Crippen molar-refractivity contribution in [2.24, 2.45) is 0 Å². The van der Waals surface area contributed by atoms with Crippen LogP contribution in [-0.4, -0.2) is 32.2 Å². The minimum atomic E-state index is 0. The molecule has 0 saturated carbocycles. The summed E-state index contributed by atoms with van der Waals surface area (Å²) < 4.78 is 0. The smallest absolute Gasteiger partial charge is 0.128 e. The lowest BCUT2D eigenvalue weighted by atomic mass is 9.94. The van der Waals surface area contributed by atoms with Crippen molar-refractivity contribution < 1.29 is 0 Å². The molecule has 17 heavy (non-hydrogen) atoms. The van der Waals surface area contributed by atoms with Crippen LogP contribution in [0.2, 0.25) is 0 Å². The van der Waals surface area contributed by atoms with Gasteiger partial charge in [-0.05, 0) is 38.1 Å². The van der Waals surface area contributed by atoms with Crippen molar-refractivity contribution in [2.45, 2.75) is 18.8 Å². The van der Waals surface area contributed by atoms with Crippen LogP contribution < -0.4 is 10.2 Å². The van der Waals surface area contributed by atoms with Crippen molar-refractivity contribution in [1.82, 2.24) is 10.3 Å². The summed E-state index contributed by atoms with van der Waals surface area (Å²) in [5, 5.41) is 3.38. The molecular weight excluding hydrogens is 257 g/mol. The van der Waals surface area contributed by atoms with Crippen LogP contribution >= 0.6 is 24.8 Å². The monoisotopic (exact) mass is 277 g/mol. The number of rotatable bonds is 2. The van der Waals surface area contributed by atoms with Crippen LogP contribution in [0.4, 0.5) is 5.82 Å². The molecule has 0 amide bonds. The average molecular weight is 278 g/mol. The Bertz CT molecular complexity index is 325. The van der Waals surface area contributed by atoms with Crippen LogP contribution in [0.5, 0.6) is 0 Å². The molecule has 0 unspecified atom stereocenters. The van der Waals surface area contributed by atoms with Crippen molar-refractivity contribution in [3.8, 4) is 0 Å². The van der Waals surface area contributed by atoms with E-state index >= 15 is 0 Å². The zero-order valence-electron chi connectivity index (χ0n) is 10.3. The van der Waals surface area contributed by atoms with E-state index in [1.807, 2.05) is 14.1 Å². The molecule has 98 valence electrons. The van der Waals surface area contributed by atoms with Crippen LogP contribution in [0.15, 0.2) is 18.2 Å². The van der Waals surface area contributed by atoms with Gasteiger partial charge >= 0.3 is 0 Å². The maximum atomic E-state index is 4.69. The summed E-state index contributed by atoms with van der Waals surface area (Å²) in [5.41, 5.74) is 1.25. The lowest BCUT2D eigenvalue weighted by Crippen LogP contribution is -2.27. The Balaban J connectivity index is 0.00000128. The van der Waals surface area contributed by atoms with E-state index in [9.17, 15) is 0 Å². The van der Waals surface area contributed by atoms with Gasteiger partial charge in [-0.25, -0.2) is 4.98 Å². The van der Waals surface area contributed by atoms with Crippen LogP contribution in [0.25, 0.3) is 0 Å². The molecule has 0 atom stereocenters. The van der Waals surface area contributed by atoms with E-state index in [2.05, 4.69) is 28.4 Å². The van der Waals surface area contributed by atoms with Gasteiger partial charge < -0.3 is 10.2 Å². The van der Waals surface area contributed by atoms with E-state index in [1.165, 1.54) is 18.5 Å². The molecule has 0 spiro atoms. The zero-order chi connectivity index (χ0) is 10.7. The Morgan fingerprint density at radius 1 is 1.18 bits per heavy atom. The molecule has 1 saturated heterocycles. The lowest BCUT2D eigenvalue weighted by Gasteiger charge is -2.23. The molecule has 1 aromatic heterocycles. The predicted molar refractivity (Wildman–Crippen MR) is 77.9 cm³/mol. The van der Waals surface area contributed by atoms with Crippen molar-refractivity contribution in [1.29, 1.82) is 0 Å². The summed E-state index contributed by atoms with van der Waals surface area (Å²) >= 11 is 0. The summed E-state index contributed by atoms with van der Waals surface area (Å²) in [5.74, 6) is 1.71. The third kappa shape index (κ3) is 4.34. The first kappa shape index (κ1) is 16.5. The van der Waals surface area contributed by atoms with Gasteiger partial charge in [0.1, 0.15) is 5.82 Å². The topological polar surface area (TPSA) is 28.2 Å². The van der Waals surface area contributed by atoms with Gasteiger partial charge in [-0.1, -0.05) is 6.07 Å². The predicted octanol–water partition coefficient (Wildman–Crippen LogP) is 2.46. The minimum Gasteiger partial charge on any atom is -0.363 e. The summed E-state index contributed by atoms with van der Waals surface area (Å²) in [6, 6.07) is 6.33. The summed E-state index contributed by atoms with van der Waals surface area (Å²) in [4.78, 5) is 6.75. The highest BCUT2D eigenvalue weighted by molar-refractivity contribution is 5.85. The number of aromatic nitrogens is 1. The lowest BCUT2D eigenvalue weighted by molar-refractivity contribution is 0.453. The summed E-state index contributed by atoms with van der Waals surface area (Å²) in [6.07, 6.45) is 2.42. The minimum absolute atomic E-state index is 0. The maximum Gasteiger partial charge on any atom is 0.128 e. The van der Waals surface area contributed by atoms with Crippen LogP contribution in [0.1, 0.15) is 24.5 Å². The number of anilines is 1. The third-order valence-electron chi connectivity index (χ3n) is 2.97. The number of hydrogen-bond donors (Lipinski definition) is 1. The first-order chi connectivity index (χ1) is 7.27. The second-order valence-electron chi connectivity index (χ2n) is 4.34. The van der Waals surface area contributed by atoms with Gasteiger partial charge in [-0.3, -0.25) is 0 Å².